The zero-order valence-electron chi connectivity index (χ0n) is 24.1. The molecule has 0 saturated carbocycles. The molecule has 3 rings (SSSR count). The number of carbonyl (C=O) groups excluding carboxylic acids is 2. The molecular weight excluding hydrogens is 601 g/mol. The van der Waals surface area contributed by atoms with Crippen molar-refractivity contribution in [3.63, 3.8) is 0 Å². The number of ether oxygens (including phenoxy) is 2. The molecule has 226 valence electrons. The van der Waals surface area contributed by atoms with E-state index in [-0.39, 0.29) is 34.8 Å². The number of amides is 2. The van der Waals surface area contributed by atoms with Crippen LogP contribution in [-0.4, -0.2) is 58.0 Å². The van der Waals surface area contributed by atoms with Crippen LogP contribution in [0.4, 0.5) is 5.69 Å². The van der Waals surface area contributed by atoms with Gasteiger partial charge in [-0.3, -0.25) is 13.9 Å². The number of nitrogens with zero attached hydrogens (tertiary/aromatic N) is 2. The van der Waals surface area contributed by atoms with Crippen LogP contribution in [0.5, 0.6) is 11.5 Å². The maximum absolute atomic E-state index is 14.1. The van der Waals surface area contributed by atoms with E-state index in [1.807, 2.05) is 13.8 Å². The molecule has 0 heterocycles. The maximum Gasteiger partial charge on any atom is 0.264 e. The van der Waals surface area contributed by atoms with Gasteiger partial charge in [0.2, 0.25) is 11.8 Å². The minimum absolute atomic E-state index is 0.0585. The normalized spacial score (nSPS) is 12.6. The van der Waals surface area contributed by atoms with Crippen molar-refractivity contribution in [3.05, 3.63) is 82.3 Å². The molecule has 42 heavy (non-hydrogen) atoms. The summed E-state index contributed by atoms with van der Waals surface area (Å²) in [6.07, 6.45) is 0.692. The summed E-state index contributed by atoms with van der Waals surface area (Å²) in [7, 11) is -1.40. The summed E-state index contributed by atoms with van der Waals surface area (Å²) in [5.74, 6) is -0.293. The summed E-state index contributed by atoms with van der Waals surface area (Å²) in [5.41, 5.74) is 0.699. The molecule has 2 amide bonds. The molecule has 0 unspecified atom stereocenters. The Morgan fingerprint density at radius 2 is 1.62 bits per heavy atom. The molecule has 0 fully saturated rings. The predicted octanol–water partition coefficient (Wildman–Crippen LogP) is 5.54. The number of carbonyl (C=O) groups is 2. The molecule has 0 bridgehead atoms. The summed E-state index contributed by atoms with van der Waals surface area (Å²) in [6.45, 7) is 4.69. The third-order valence-electron chi connectivity index (χ3n) is 6.80. The second-order valence-corrected chi connectivity index (χ2v) is 12.3. The van der Waals surface area contributed by atoms with E-state index in [0.717, 1.165) is 4.31 Å². The van der Waals surface area contributed by atoms with E-state index in [1.165, 1.54) is 43.4 Å². The lowest BCUT2D eigenvalue weighted by molar-refractivity contribution is -0.139. The fraction of sp³-hybridized carbons (Fsp3) is 0.333. The van der Waals surface area contributed by atoms with Crippen LogP contribution in [0.25, 0.3) is 0 Å². The third kappa shape index (κ3) is 7.87. The van der Waals surface area contributed by atoms with E-state index < -0.39 is 28.5 Å². The van der Waals surface area contributed by atoms with Crippen molar-refractivity contribution in [2.24, 2.45) is 0 Å². The van der Waals surface area contributed by atoms with Crippen molar-refractivity contribution in [2.45, 2.75) is 50.7 Å². The molecule has 0 saturated heterocycles. The van der Waals surface area contributed by atoms with Crippen molar-refractivity contribution in [2.75, 3.05) is 25.1 Å². The first-order chi connectivity index (χ1) is 19.9. The number of benzene rings is 3. The van der Waals surface area contributed by atoms with Gasteiger partial charge in [0.05, 0.1) is 24.8 Å². The number of rotatable bonds is 13. The van der Waals surface area contributed by atoms with Gasteiger partial charge in [-0.2, -0.15) is 0 Å². The highest BCUT2D eigenvalue weighted by Gasteiger charge is 2.34. The topological polar surface area (TPSA) is 105 Å². The molecule has 0 aliphatic heterocycles. The Kier molecular flexibility index (Phi) is 11.5. The van der Waals surface area contributed by atoms with Gasteiger partial charge in [-0.15, -0.1) is 0 Å². The average molecular weight is 637 g/mol. The highest BCUT2D eigenvalue weighted by atomic mass is 35.5. The zero-order chi connectivity index (χ0) is 31.0. The molecule has 0 spiro atoms. The van der Waals surface area contributed by atoms with Gasteiger partial charge < -0.3 is 19.7 Å². The fourth-order valence-corrected chi connectivity index (χ4v) is 6.00. The summed E-state index contributed by atoms with van der Waals surface area (Å²) in [6, 6.07) is 16.1. The first kappa shape index (κ1) is 33.0. The van der Waals surface area contributed by atoms with Gasteiger partial charge in [0.1, 0.15) is 24.1 Å². The standard InChI is InChI=1S/C30H35Cl2N3O6S/c1-6-20(2)33-30(37)21(3)34(18-22-11-12-23(31)17-26(22)32)29(36)19-35(27-9-7-8-10-28(27)41-5)42(38,39)25-15-13-24(40-4)14-16-25/h7-17,20-21H,6,18-19H2,1-5H3,(H,33,37)/t20-,21+/m0/s1. The van der Waals surface area contributed by atoms with Gasteiger partial charge in [-0.25, -0.2) is 8.42 Å². The molecule has 0 aromatic heterocycles. The highest BCUT2D eigenvalue weighted by Crippen LogP contribution is 2.33. The molecule has 0 aliphatic carbocycles. The molecule has 3 aromatic carbocycles. The second kappa shape index (κ2) is 14.6. The minimum atomic E-state index is -4.29. The lowest BCUT2D eigenvalue weighted by Gasteiger charge is -2.33. The largest absolute Gasteiger partial charge is 0.497 e. The van der Waals surface area contributed by atoms with Gasteiger partial charge in [-0.1, -0.05) is 48.3 Å². The van der Waals surface area contributed by atoms with Crippen molar-refractivity contribution in [3.8, 4) is 11.5 Å². The molecule has 2 atom stereocenters. The summed E-state index contributed by atoms with van der Waals surface area (Å²) in [5, 5.41) is 3.62. The number of sulfonamides is 1. The average Bonchev–Trinajstić information content (AvgIpc) is 2.98. The Hall–Kier alpha value is -3.47. The van der Waals surface area contributed by atoms with Gasteiger partial charge in [0.25, 0.3) is 10.0 Å². The van der Waals surface area contributed by atoms with E-state index in [1.54, 1.807) is 49.4 Å². The van der Waals surface area contributed by atoms with E-state index >= 15 is 0 Å². The first-order valence-electron chi connectivity index (χ1n) is 13.3. The van der Waals surface area contributed by atoms with Crippen LogP contribution >= 0.6 is 23.2 Å². The van der Waals surface area contributed by atoms with Gasteiger partial charge in [0, 0.05) is 22.6 Å². The SMILES string of the molecule is CC[C@H](C)NC(=O)[C@@H](C)N(Cc1ccc(Cl)cc1Cl)C(=O)CN(c1ccccc1OC)S(=O)(=O)c1ccc(OC)cc1. The van der Waals surface area contributed by atoms with Gasteiger partial charge in [0.15, 0.2) is 0 Å². The van der Waals surface area contributed by atoms with Crippen LogP contribution in [-0.2, 0) is 26.2 Å². The number of anilines is 1. The fourth-order valence-electron chi connectivity index (χ4n) is 4.11. The van der Waals surface area contributed by atoms with Gasteiger partial charge >= 0.3 is 0 Å². The third-order valence-corrected chi connectivity index (χ3v) is 9.17. The molecule has 1 N–H and O–H groups in total. The van der Waals surface area contributed by atoms with Crippen LogP contribution in [0.15, 0.2) is 71.6 Å². The Bertz CT molecular complexity index is 1500. The Balaban J connectivity index is 2.09. The van der Waals surface area contributed by atoms with Crippen molar-refractivity contribution in [1.82, 2.24) is 10.2 Å². The summed E-state index contributed by atoms with van der Waals surface area (Å²) >= 11 is 12.5. The lowest BCUT2D eigenvalue weighted by atomic mass is 10.1. The predicted molar refractivity (Wildman–Crippen MR) is 165 cm³/mol. The van der Waals surface area contributed by atoms with E-state index in [4.69, 9.17) is 32.7 Å². The number of para-hydroxylation sites is 2. The van der Waals surface area contributed by atoms with Crippen molar-refractivity contribution >= 4 is 50.7 Å². The van der Waals surface area contributed by atoms with Crippen molar-refractivity contribution in [1.29, 1.82) is 0 Å². The monoisotopic (exact) mass is 635 g/mol. The Morgan fingerprint density at radius 3 is 2.21 bits per heavy atom. The first-order valence-corrected chi connectivity index (χ1v) is 15.5. The number of hydrogen-bond donors (Lipinski definition) is 1. The molecule has 0 radical (unpaired) electrons. The smallest absolute Gasteiger partial charge is 0.264 e. The van der Waals surface area contributed by atoms with E-state index in [0.29, 0.717) is 27.8 Å². The van der Waals surface area contributed by atoms with Crippen LogP contribution in [0, 0.1) is 0 Å². The molecule has 0 aliphatic rings. The number of halogens is 2. The zero-order valence-corrected chi connectivity index (χ0v) is 26.5. The van der Waals surface area contributed by atoms with Crippen LogP contribution in [0.1, 0.15) is 32.8 Å². The summed E-state index contributed by atoms with van der Waals surface area (Å²) < 4.78 is 39.7. The van der Waals surface area contributed by atoms with Gasteiger partial charge in [-0.05, 0) is 74.4 Å². The Labute approximate surface area is 257 Å². The minimum Gasteiger partial charge on any atom is -0.497 e. The lowest BCUT2D eigenvalue weighted by Crippen LogP contribution is -2.52. The quantitative estimate of drug-likeness (QED) is 0.264. The molecule has 12 heteroatoms. The molecule has 9 nitrogen and oxygen atoms in total. The number of methoxy groups -OCH3 is 2. The van der Waals surface area contributed by atoms with E-state index in [9.17, 15) is 18.0 Å². The van der Waals surface area contributed by atoms with E-state index in [2.05, 4.69) is 5.32 Å². The van der Waals surface area contributed by atoms with Crippen LogP contribution in [0.3, 0.4) is 0 Å². The highest BCUT2D eigenvalue weighted by molar-refractivity contribution is 7.92. The van der Waals surface area contributed by atoms with Crippen LogP contribution in [0.2, 0.25) is 10.0 Å². The maximum atomic E-state index is 14.1. The molecule has 3 aromatic rings. The number of nitrogens with one attached hydrogen (secondary N) is 1. The molecular formula is C30H35Cl2N3O6S. The van der Waals surface area contributed by atoms with Crippen molar-refractivity contribution < 1.29 is 27.5 Å². The summed E-state index contributed by atoms with van der Waals surface area (Å²) in [4.78, 5) is 28.5. The second-order valence-electron chi connectivity index (χ2n) is 9.61. The van der Waals surface area contributed by atoms with Crippen LogP contribution < -0.4 is 19.1 Å². The Morgan fingerprint density at radius 1 is 0.952 bits per heavy atom. The number of hydrogen-bond acceptors (Lipinski definition) is 6.